The first-order valence-electron chi connectivity index (χ1n) is 12.4. The van der Waals surface area contributed by atoms with Gasteiger partial charge >= 0.3 is 0 Å². The molecule has 0 bridgehead atoms. The van der Waals surface area contributed by atoms with Crippen LogP contribution < -0.4 is 5.43 Å². The highest BCUT2D eigenvalue weighted by molar-refractivity contribution is 6.13. The van der Waals surface area contributed by atoms with Gasteiger partial charge in [-0.3, -0.25) is 15.5 Å². The summed E-state index contributed by atoms with van der Waals surface area (Å²) < 4.78 is 0. The summed E-state index contributed by atoms with van der Waals surface area (Å²) in [5, 5.41) is 28.3. The Morgan fingerprint density at radius 1 is 0.882 bits per heavy atom. The van der Waals surface area contributed by atoms with Gasteiger partial charge in [0, 0.05) is 17.7 Å². The summed E-state index contributed by atoms with van der Waals surface area (Å²) in [5.41, 5.74) is 5.27. The van der Waals surface area contributed by atoms with Crippen molar-refractivity contribution in [3.63, 3.8) is 0 Å². The minimum Gasteiger partial charge on any atom is -0.507 e. The van der Waals surface area contributed by atoms with E-state index < -0.39 is 4.92 Å². The van der Waals surface area contributed by atoms with Crippen LogP contribution in [0.4, 0.5) is 11.4 Å². The van der Waals surface area contributed by atoms with Crippen molar-refractivity contribution in [1.82, 2.24) is 0 Å². The Morgan fingerprint density at radius 3 is 2.21 bits per heavy atom. The maximum atomic E-state index is 10.9. The van der Waals surface area contributed by atoms with Crippen molar-refractivity contribution in [1.29, 1.82) is 0 Å². The molecule has 0 heterocycles. The second-order valence-electron chi connectivity index (χ2n) is 8.73. The lowest BCUT2D eigenvalue weighted by Gasteiger charge is -2.13. The van der Waals surface area contributed by atoms with Crippen LogP contribution in [0.25, 0.3) is 10.8 Å². The van der Waals surface area contributed by atoms with Crippen molar-refractivity contribution in [2.45, 2.75) is 71.1 Å². The third-order valence-electron chi connectivity index (χ3n) is 6.11. The number of aromatic hydroxyl groups is 1. The van der Waals surface area contributed by atoms with Gasteiger partial charge in [-0.1, -0.05) is 88.6 Å². The molecule has 6 nitrogen and oxygen atoms in total. The molecule has 0 fully saturated rings. The summed E-state index contributed by atoms with van der Waals surface area (Å²) in [6.45, 7) is 2.24. The molecule has 0 spiro atoms. The van der Waals surface area contributed by atoms with Crippen molar-refractivity contribution >= 4 is 27.9 Å². The molecule has 0 saturated heterocycles. The van der Waals surface area contributed by atoms with Gasteiger partial charge in [0.15, 0.2) is 0 Å². The monoisotopic (exact) mass is 461 g/mol. The van der Waals surface area contributed by atoms with E-state index in [1.54, 1.807) is 18.2 Å². The van der Waals surface area contributed by atoms with Crippen LogP contribution in [0.15, 0.2) is 65.8 Å². The third-order valence-corrected chi connectivity index (χ3v) is 6.11. The second kappa shape index (κ2) is 13.3. The van der Waals surface area contributed by atoms with Crippen LogP contribution in [0.1, 0.15) is 76.7 Å². The molecule has 0 aliphatic heterocycles. The zero-order valence-corrected chi connectivity index (χ0v) is 20.0. The van der Waals surface area contributed by atoms with Crippen LogP contribution in [-0.4, -0.2) is 15.7 Å². The topological polar surface area (TPSA) is 87.8 Å². The fourth-order valence-electron chi connectivity index (χ4n) is 4.19. The van der Waals surface area contributed by atoms with Crippen LogP contribution in [0, 0.1) is 10.1 Å². The first-order valence-corrected chi connectivity index (χ1v) is 12.4. The number of hydrogen-bond acceptors (Lipinski definition) is 5. The van der Waals surface area contributed by atoms with Crippen LogP contribution in [0.2, 0.25) is 0 Å². The molecule has 0 aliphatic rings. The maximum absolute atomic E-state index is 10.9. The Balaban J connectivity index is 1.71. The molecule has 0 aromatic heterocycles. The zero-order chi connectivity index (χ0) is 24.2. The second-order valence-corrected chi connectivity index (χ2v) is 8.73. The summed E-state index contributed by atoms with van der Waals surface area (Å²) in [7, 11) is 0. The predicted molar refractivity (Wildman–Crippen MR) is 141 cm³/mol. The molecular formula is C28H35N3O3. The van der Waals surface area contributed by atoms with E-state index in [1.165, 1.54) is 57.1 Å². The number of hydrazone groups is 1. The minimum atomic E-state index is -0.420. The number of rotatable bonds is 14. The van der Waals surface area contributed by atoms with Gasteiger partial charge in [0.05, 0.1) is 16.3 Å². The number of fused-ring (bicyclic) bond motifs is 1. The van der Waals surface area contributed by atoms with Gasteiger partial charge in [0.2, 0.25) is 0 Å². The van der Waals surface area contributed by atoms with Crippen LogP contribution >= 0.6 is 0 Å². The molecule has 0 atom stereocenters. The SMILES string of the molecule is CCCCCCCCCCCC(=NNc1ccc([N+](=O)[O-])cc1)c1c(O)ccc2ccccc12. The standard InChI is InChI=1S/C28H35N3O3/c1-2-3-4-5-6-7-8-9-10-15-26(30-29-23-17-19-24(20-18-23)31(33)34)28-25-14-12-11-13-22(25)16-21-27(28)32/h11-14,16-21,29,32H,2-10,15H2,1H3. The molecule has 0 radical (unpaired) electrons. The van der Waals surface area contributed by atoms with E-state index in [9.17, 15) is 15.2 Å². The minimum absolute atomic E-state index is 0.0381. The molecule has 3 aromatic rings. The Morgan fingerprint density at radius 2 is 1.53 bits per heavy atom. The third kappa shape index (κ3) is 7.30. The van der Waals surface area contributed by atoms with Crippen molar-refractivity contribution in [3.05, 3.63) is 76.3 Å². The number of nitrogens with one attached hydrogen (secondary N) is 1. The van der Waals surface area contributed by atoms with Crippen molar-refractivity contribution in [3.8, 4) is 5.75 Å². The number of unbranched alkanes of at least 4 members (excludes halogenated alkanes) is 8. The van der Waals surface area contributed by atoms with Crippen LogP contribution in [0.3, 0.4) is 0 Å². The fourth-order valence-corrected chi connectivity index (χ4v) is 4.19. The van der Waals surface area contributed by atoms with E-state index in [2.05, 4.69) is 17.5 Å². The molecule has 180 valence electrons. The van der Waals surface area contributed by atoms with Gasteiger partial charge in [-0.2, -0.15) is 5.10 Å². The van der Waals surface area contributed by atoms with E-state index in [-0.39, 0.29) is 11.4 Å². The molecule has 0 saturated carbocycles. The van der Waals surface area contributed by atoms with E-state index in [4.69, 9.17) is 0 Å². The number of non-ortho nitro benzene ring substituents is 1. The Bertz CT molecular complexity index is 1090. The number of nitro benzene ring substituents is 1. The number of nitrogens with zero attached hydrogens (tertiary/aromatic N) is 2. The molecule has 0 aliphatic carbocycles. The summed E-state index contributed by atoms with van der Waals surface area (Å²) in [6, 6.07) is 17.8. The molecule has 3 rings (SSSR count). The number of phenolic OH excluding ortho intramolecular Hbond substituents is 1. The summed E-state index contributed by atoms with van der Waals surface area (Å²) in [4.78, 5) is 10.5. The van der Waals surface area contributed by atoms with Crippen molar-refractivity contribution in [2.24, 2.45) is 5.10 Å². The van der Waals surface area contributed by atoms with Gasteiger partial charge in [-0.15, -0.1) is 0 Å². The molecule has 0 amide bonds. The number of benzene rings is 3. The van der Waals surface area contributed by atoms with E-state index in [0.29, 0.717) is 5.69 Å². The smallest absolute Gasteiger partial charge is 0.269 e. The molecule has 2 N–H and O–H groups in total. The highest BCUT2D eigenvalue weighted by atomic mass is 16.6. The van der Waals surface area contributed by atoms with E-state index >= 15 is 0 Å². The number of nitro groups is 1. The summed E-state index contributed by atoms with van der Waals surface area (Å²) in [5.74, 6) is 0.207. The summed E-state index contributed by atoms with van der Waals surface area (Å²) in [6.07, 6.45) is 11.9. The Kier molecular flexibility index (Phi) is 9.89. The lowest BCUT2D eigenvalue weighted by molar-refractivity contribution is -0.384. The Hall–Kier alpha value is -3.41. The molecule has 34 heavy (non-hydrogen) atoms. The van der Waals surface area contributed by atoms with Gasteiger partial charge < -0.3 is 5.11 Å². The summed E-state index contributed by atoms with van der Waals surface area (Å²) >= 11 is 0. The molecule has 0 unspecified atom stereocenters. The molecule has 6 heteroatoms. The maximum Gasteiger partial charge on any atom is 0.269 e. The first kappa shape index (κ1) is 25.2. The van der Waals surface area contributed by atoms with E-state index in [1.807, 2.05) is 30.3 Å². The van der Waals surface area contributed by atoms with Gasteiger partial charge in [-0.05, 0) is 41.8 Å². The lowest BCUT2D eigenvalue weighted by atomic mass is 9.96. The number of phenols is 1. The number of anilines is 1. The van der Waals surface area contributed by atoms with Gasteiger partial charge in [0.25, 0.3) is 5.69 Å². The highest BCUT2D eigenvalue weighted by Crippen LogP contribution is 2.30. The van der Waals surface area contributed by atoms with E-state index in [0.717, 1.165) is 41.3 Å². The van der Waals surface area contributed by atoms with Gasteiger partial charge in [0.1, 0.15) is 5.75 Å². The average molecular weight is 462 g/mol. The fraction of sp³-hybridized carbons (Fsp3) is 0.393. The molecule has 3 aromatic carbocycles. The first-order chi connectivity index (χ1) is 16.6. The van der Waals surface area contributed by atoms with Crippen molar-refractivity contribution < 1.29 is 10.0 Å². The lowest BCUT2D eigenvalue weighted by Crippen LogP contribution is -2.06. The molecular weight excluding hydrogens is 426 g/mol. The van der Waals surface area contributed by atoms with Gasteiger partial charge in [-0.25, -0.2) is 0 Å². The van der Waals surface area contributed by atoms with Crippen molar-refractivity contribution in [2.75, 3.05) is 5.43 Å². The normalized spacial score (nSPS) is 11.6. The van der Waals surface area contributed by atoms with Crippen LogP contribution in [0.5, 0.6) is 5.75 Å². The highest BCUT2D eigenvalue weighted by Gasteiger charge is 2.14. The predicted octanol–water partition coefficient (Wildman–Crippen LogP) is 8.19. The largest absolute Gasteiger partial charge is 0.507 e. The zero-order valence-electron chi connectivity index (χ0n) is 20.0. The van der Waals surface area contributed by atoms with Crippen LogP contribution in [-0.2, 0) is 0 Å². The Labute approximate surface area is 201 Å². The number of hydrogen-bond donors (Lipinski definition) is 2. The average Bonchev–Trinajstić information content (AvgIpc) is 2.85. The quantitative estimate of drug-likeness (QED) is 0.110.